The van der Waals surface area contributed by atoms with Gasteiger partial charge in [-0.05, 0) is 24.3 Å². The average Bonchev–Trinajstić information content (AvgIpc) is 2.54. The Bertz CT molecular complexity index is 860. The van der Waals surface area contributed by atoms with Gasteiger partial charge in [0.15, 0.2) is 11.0 Å². The van der Waals surface area contributed by atoms with Crippen LogP contribution >= 0.6 is 0 Å². The van der Waals surface area contributed by atoms with E-state index in [1.165, 1.54) is 0 Å². The minimum atomic E-state index is -4.52. The Kier molecular flexibility index (Phi) is 3.99. The average molecular weight is 337 g/mol. The Morgan fingerprint density at radius 3 is 2.48 bits per heavy atom. The highest BCUT2D eigenvalue weighted by Gasteiger charge is 2.32. The monoisotopic (exact) mass is 337 g/mol. The van der Waals surface area contributed by atoms with Crippen molar-refractivity contribution in [3.63, 3.8) is 0 Å². The van der Waals surface area contributed by atoms with Crippen molar-refractivity contribution in [1.29, 1.82) is 0 Å². The standard InChI is InChI=1S/C15H10F3N3OS/c16-15(17,18)13-7-6-11(9-20-13)23(22)21-12-5-1-3-10-4-2-8-19-14(10)12/h1-9,21H. The van der Waals surface area contributed by atoms with E-state index in [-0.39, 0.29) is 4.90 Å². The van der Waals surface area contributed by atoms with Crippen molar-refractivity contribution in [2.75, 3.05) is 4.72 Å². The lowest BCUT2D eigenvalue weighted by atomic mass is 10.2. The maximum absolute atomic E-state index is 12.5. The van der Waals surface area contributed by atoms with Gasteiger partial charge in [0, 0.05) is 17.8 Å². The number of para-hydroxylation sites is 1. The molecule has 0 aliphatic rings. The van der Waals surface area contributed by atoms with Crippen molar-refractivity contribution >= 4 is 27.6 Å². The van der Waals surface area contributed by atoms with E-state index in [1.54, 1.807) is 24.4 Å². The van der Waals surface area contributed by atoms with Gasteiger partial charge in [0.1, 0.15) is 5.69 Å². The summed E-state index contributed by atoms with van der Waals surface area (Å²) in [7, 11) is -1.75. The molecule has 0 amide bonds. The first-order valence-corrected chi connectivity index (χ1v) is 7.65. The number of aromatic nitrogens is 2. The first-order chi connectivity index (χ1) is 10.9. The molecule has 0 aliphatic carbocycles. The van der Waals surface area contributed by atoms with Gasteiger partial charge in [-0.15, -0.1) is 0 Å². The second-order valence-electron chi connectivity index (χ2n) is 4.63. The van der Waals surface area contributed by atoms with E-state index in [9.17, 15) is 17.4 Å². The highest BCUT2D eigenvalue weighted by molar-refractivity contribution is 7.86. The summed E-state index contributed by atoms with van der Waals surface area (Å²) < 4.78 is 52.5. The van der Waals surface area contributed by atoms with E-state index in [0.717, 1.165) is 23.7 Å². The Morgan fingerprint density at radius 1 is 1.00 bits per heavy atom. The van der Waals surface area contributed by atoms with Gasteiger partial charge in [-0.1, -0.05) is 18.2 Å². The normalized spacial score (nSPS) is 13.0. The molecular formula is C15H10F3N3OS. The maximum atomic E-state index is 12.5. The molecule has 0 fully saturated rings. The van der Waals surface area contributed by atoms with Crippen LogP contribution in [0, 0.1) is 0 Å². The minimum absolute atomic E-state index is 0.144. The second-order valence-corrected chi connectivity index (χ2v) is 5.84. The van der Waals surface area contributed by atoms with Crippen molar-refractivity contribution in [2.45, 2.75) is 11.1 Å². The van der Waals surface area contributed by atoms with Crippen molar-refractivity contribution in [1.82, 2.24) is 9.97 Å². The second kappa shape index (κ2) is 5.96. The van der Waals surface area contributed by atoms with E-state index in [1.807, 2.05) is 12.1 Å². The molecule has 0 saturated heterocycles. The van der Waals surface area contributed by atoms with Crippen LogP contribution in [-0.2, 0) is 17.2 Å². The van der Waals surface area contributed by atoms with E-state index >= 15 is 0 Å². The van der Waals surface area contributed by atoms with Crippen LogP contribution in [0.25, 0.3) is 10.9 Å². The maximum Gasteiger partial charge on any atom is 0.433 e. The Labute approximate surface area is 132 Å². The summed E-state index contributed by atoms with van der Waals surface area (Å²) in [5.41, 5.74) is 0.134. The number of fused-ring (bicyclic) bond motifs is 1. The summed E-state index contributed by atoms with van der Waals surface area (Å²) in [6.07, 6.45) is -1.96. The predicted octanol–water partition coefficient (Wildman–Crippen LogP) is 3.78. The lowest BCUT2D eigenvalue weighted by Crippen LogP contribution is -2.10. The summed E-state index contributed by atoms with van der Waals surface area (Å²) in [6.45, 7) is 0. The Morgan fingerprint density at radius 2 is 1.78 bits per heavy atom. The molecule has 0 saturated carbocycles. The first kappa shape index (κ1) is 15.4. The number of alkyl halides is 3. The Hall–Kier alpha value is -2.48. The third kappa shape index (κ3) is 3.31. The van der Waals surface area contributed by atoms with Gasteiger partial charge in [0.2, 0.25) is 0 Å². The molecule has 1 N–H and O–H groups in total. The van der Waals surface area contributed by atoms with Gasteiger partial charge in [-0.25, -0.2) is 4.21 Å². The number of benzene rings is 1. The molecule has 2 aromatic heterocycles. The molecule has 23 heavy (non-hydrogen) atoms. The van der Waals surface area contributed by atoms with Crippen molar-refractivity contribution in [2.24, 2.45) is 0 Å². The molecule has 2 heterocycles. The molecule has 1 unspecified atom stereocenters. The molecule has 8 heteroatoms. The van der Waals surface area contributed by atoms with Crippen LogP contribution in [0.4, 0.5) is 18.9 Å². The minimum Gasteiger partial charge on any atom is -0.299 e. The lowest BCUT2D eigenvalue weighted by Gasteiger charge is -2.09. The summed E-state index contributed by atoms with van der Waals surface area (Å²) in [6, 6.07) is 10.9. The van der Waals surface area contributed by atoms with Crippen LogP contribution in [0.5, 0.6) is 0 Å². The molecule has 0 radical (unpaired) electrons. The van der Waals surface area contributed by atoms with Crippen molar-refractivity contribution in [3.05, 3.63) is 60.6 Å². The summed E-state index contributed by atoms with van der Waals surface area (Å²) in [5, 5.41) is 0.861. The number of nitrogens with zero attached hydrogens (tertiary/aromatic N) is 2. The molecule has 4 nitrogen and oxygen atoms in total. The van der Waals surface area contributed by atoms with Crippen molar-refractivity contribution < 1.29 is 17.4 Å². The number of anilines is 1. The zero-order valence-electron chi connectivity index (χ0n) is 11.5. The van der Waals surface area contributed by atoms with Gasteiger partial charge in [0.05, 0.1) is 16.1 Å². The van der Waals surface area contributed by atoms with Gasteiger partial charge in [-0.2, -0.15) is 13.2 Å². The lowest BCUT2D eigenvalue weighted by molar-refractivity contribution is -0.141. The number of halogens is 3. The number of pyridine rings is 2. The fourth-order valence-electron chi connectivity index (χ4n) is 2.00. The zero-order chi connectivity index (χ0) is 16.4. The van der Waals surface area contributed by atoms with Crippen LogP contribution in [0.15, 0.2) is 59.8 Å². The van der Waals surface area contributed by atoms with Crippen molar-refractivity contribution in [3.8, 4) is 0 Å². The van der Waals surface area contributed by atoms with E-state index in [4.69, 9.17) is 0 Å². The Balaban J connectivity index is 1.86. The smallest absolute Gasteiger partial charge is 0.299 e. The highest BCUT2D eigenvalue weighted by atomic mass is 32.2. The molecule has 0 aliphatic heterocycles. The molecule has 1 atom stereocenters. The van der Waals surface area contributed by atoms with Gasteiger partial charge >= 0.3 is 6.18 Å². The molecule has 0 spiro atoms. The fraction of sp³-hybridized carbons (Fsp3) is 0.0667. The molecule has 3 rings (SSSR count). The van der Waals surface area contributed by atoms with Gasteiger partial charge < -0.3 is 0 Å². The SMILES string of the molecule is O=S(Nc1cccc2cccnc12)c1ccc(C(F)(F)F)nc1. The molecule has 1 aromatic carbocycles. The van der Waals surface area contributed by atoms with E-state index in [2.05, 4.69) is 14.7 Å². The topological polar surface area (TPSA) is 54.9 Å². The fourth-order valence-corrected chi connectivity index (χ4v) is 2.83. The third-order valence-electron chi connectivity index (χ3n) is 3.08. The van der Waals surface area contributed by atoms with Crippen LogP contribution in [0.2, 0.25) is 0 Å². The molecule has 0 bridgehead atoms. The molecular weight excluding hydrogens is 327 g/mol. The highest BCUT2D eigenvalue weighted by Crippen LogP contribution is 2.28. The van der Waals surface area contributed by atoms with Crippen LogP contribution in [-0.4, -0.2) is 14.2 Å². The third-order valence-corrected chi connectivity index (χ3v) is 4.15. The summed E-state index contributed by atoms with van der Waals surface area (Å²) >= 11 is 0. The number of nitrogens with one attached hydrogen (secondary N) is 1. The van der Waals surface area contributed by atoms with Crippen LogP contribution in [0.3, 0.4) is 0 Å². The van der Waals surface area contributed by atoms with Crippen LogP contribution < -0.4 is 4.72 Å². The van der Waals surface area contributed by atoms with E-state index in [0.29, 0.717) is 11.2 Å². The number of rotatable bonds is 3. The summed E-state index contributed by atoms with van der Waals surface area (Å²) in [4.78, 5) is 7.66. The summed E-state index contributed by atoms with van der Waals surface area (Å²) in [5.74, 6) is 0. The first-order valence-electron chi connectivity index (χ1n) is 6.50. The van der Waals surface area contributed by atoms with Crippen LogP contribution in [0.1, 0.15) is 5.69 Å². The number of hydrogen-bond donors (Lipinski definition) is 1. The number of hydrogen-bond acceptors (Lipinski definition) is 3. The zero-order valence-corrected chi connectivity index (χ0v) is 12.4. The quantitative estimate of drug-likeness (QED) is 0.791. The molecule has 3 aromatic rings. The van der Waals surface area contributed by atoms with Gasteiger partial charge in [-0.3, -0.25) is 14.7 Å². The van der Waals surface area contributed by atoms with Gasteiger partial charge in [0.25, 0.3) is 0 Å². The predicted molar refractivity (Wildman–Crippen MR) is 81.0 cm³/mol. The molecule has 118 valence electrons. The largest absolute Gasteiger partial charge is 0.433 e. The van der Waals surface area contributed by atoms with E-state index < -0.39 is 22.9 Å².